The molecule has 1 amide bonds. The maximum Gasteiger partial charge on any atom is 0.261 e. The van der Waals surface area contributed by atoms with Crippen LogP contribution >= 0.6 is 0 Å². The minimum atomic E-state index is -0.103. The van der Waals surface area contributed by atoms with Crippen molar-refractivity contribution in [1.29, 1.82) is 0 Å². The summed E-state index contributed by atoms with van der Waals surface area (Å²) in [5.74, 6) is 0.0714. The quantitative estimate of drug-likeness (QED) is 0.705. The van der Waals surface area contributed by atoms with Gasteiger partial charge < -0.3 is 4.90 Å². The highest BCUT2D eigenvalue weighted by Crippen LogP contribution is 2.21. The maximum absolute atomic E-state index is 12.5. The van der Waals surface area contributed by atoms with Gasteiger partial charge in [-0.1, -0.05) is 17.3 Å². The molecule has 0 bridgehead atoms. The number of para-hydroxylation sites is 1. The lowest BCUT2D eigenvalue weighted by molar-refractivity contribution is -0.132. The highest BCUT2D eigenvalue weighted by atomic mass is 16.2. The molecule has 1 aromatic carbocycles. The first kappa shape index (κ1) is 16.4. The lowest BCUT2D eigenvalue weighted by Crippen LogP contribution is -2.39. The van der Waals surface area contributed by atoms with Crippen molar-refractivity contribution >= 4 is 16.8 Å². The Bertz CT molecular complexity index is 957. The molecule has 0 saturated carbocycles. The summed E-state index contributed by atoms with van der Waals surface area (Å²) in [6.07, 6.45) is 7.09. The van der Waals surface area contributed by atoms with E-state index >= 15 is 0 Å². The zero-order valence-corrected chi connectivity index (χ0v) is 14.4. The second-order valence-electron chi connectivity index (χ2n) is 6.51. The average molecular weight is 352 g/mol. The van der Waals surface area contributed by atoms with E-state index in [-0.39, 0.29) is 11.5 Å². The molecular weight excluding hydrogens is 332 g/mol. The van der Waals surface area contributed by atoms with Crippen molar-refractivity contribution < 1.29 is 4.79 Å². The molecule has 2 aromatic heterocycles. The van der Waals surface area contributed by atoms with Gasteiger partial charge in [0.05, 0.1) is 29.5 Å². The van der Waals surface area contributed by atoms with Crippen LogP contribution in [-0.2, 0) is 11.3 Å². The molecule has 0 spiro atoms. The van der Waals surface area contributed by atoms with Gasteiger partial charge in [0.25, 0.3) is 5.56 Å². The number of aromatic nitrogens is 5. The smallest absolute Gasteiger partial charge is 0.261 e. The fourth-order valence-corrected chi connectivity index (χ4v) is 3.43. The highest BCUT2D eigenvalue weighted by Gasteiger charge is 2.24. The minimum Gasteiger partial charge on any atom is -0.342 e. The van der Waals surface area contributed by atoms with E-state index < -0.39 is 0 Å². The minimum absolute atomic E-state index is 0.0714. The second-order valence-corrected chi connectivity index (χ2v) is 6.51. The third kappa shape index (κ3) is 3.22. The normalized spacial score (nSPS) is 15.5. The largest absolute Gasteiger partial charge is 0.342 e. The molecule has 8 heteroatoms. The lowest BCUT2D eigenvalue weighted by atomic mass is 10.0. The Labute approximate surface area is 150 Å². The Morgan fingerprint density at radius 1 is 1.19 bits per heavy atom. The number of carbonyl (C=O) groups excluding carboxylic acids is 1. The van der Waals surface area contributed by atoms with Crippen molar-refractivity contribution in [2.24, 2.45) is 0 Å². The summed E-state index contributed by atoms with van der Waals surface area (Å²) < 4.78 is 3.38. The molecule has 3 heterocycles. The standard InChI is InChI=1S/C18H20N6O2/c25-17(22-9-5-14(6-10-22)24-12-8-20-21-24)7-11-23-13-19-16-4-2-1-3-15(16)18(23)26/h1-4,8,12-14H,5-7,9-11H2. The number of hydrogen-bond donors (Lipinski definition) is 0. The number of nitrogens with zero attached hydrogens (tertiary/aromatic N) is 6. The molecule has 8 nitrogen and oxygen atoms in total. The molecule has 1 saturated heterocycles. The first-order valence-electron chi connectivity index (χ1n) is 8.80. The molecule has 0 unspecified atom stereocenters. The summed E-state index contributed by atoms with van der Waals surface area (Å²) in [7, 11) is 0. The van der Waals surface area contributed by atoms with Crippen LogP contribution in [0.2, 0.25) is 0 Å². The molecular formula is C18H20N6O2. The molecule has 26 heavy (non-hydrogen) atoms. The number of fused-ring (bicyclic) bond motifs is 1. The fraction of sp³-hybridized carbons (Fsp3) is 0.389. The molecule has 0 atom stereocenters. The first-order chi connectivity index (χ1) is 12.7. The van der Waals surface area contributed by atoms with E-state index in [2.05, 4.69) is 15.3 Å². The predicted molar refractivity (Wildman–Crippen MR) is 95.5 cm³/mol. The third-order valence-electron chi connectivity index (χ3n) is 4.93. The van der Waals surface area contributed by atoms with Gasteiger partial charge >= 0.3 is 0 Å². The van der Waals surface area contributed by atoms with Gasteiger partial charge in [0.15, 0.2) is 0 Å². The summed E-state index contributed by atoms with van der Waals surface area (Å²) in [5, 5.41) is 8.46. The monoisotopic (exact) mass is 352 g/mol. The van der Waals surface area contributed by atoms with Gasteiger partial charge in [0.1, 0.15) is 0 Å². The van der Waals surface area contributed by atoms with E-state index in [0.717, 1.165) is 12.8 Å². The lowest BCUT2D eigenvalue weighted by Gasteiger charge is -2.32. The van der Waals surface area contributed by atoms with E-state index in [9.17, 15) is 9.59 Å². The van der Waals surface area contributed by atoms with E-state index in [0.29, 0.717) is 43.0 Å². The summed E-state index contributed by atoms with van der Waals surface area (Å²) in [5.41, 5.74) is 0.573. The zero-order valence-electron chi connectivity index (χ0n) is 14.4. The zero-order chi connectivity index (χ0) is 17.9. The van der Waals surface area contributed by atoms with Crippen LogP contribution in [0.5, 0.6) is 0 Å². The topological polar surface area (TPSA) is 85.9 Å². The number of carbonyl (C=O) groups is 1. The Kier molecular flexibility index (Phi) is 4.47. The van der Waals surface area contributed by atoms with E-state index in [1.165, 1.54) is 10.9 Å². The van der Waals surface area contributed by atoms with Crippen molar-refractivity contribution in [3.8, 4) is 0 Å². The van der Waals surface area contributed by atoms with Crippen LogP contribution < -0.4 is 5.56 Å². The van der Waals surface area contributed by atoms with E-state index in [4.69, 9.17) is 0 Å². The van der Waals surface area contributed by atoms with Crippen molar-refractivity contribution in [1.82, 2.24) is 29.4 Å². The summed E-state index contributed by atoms with van der Waals surface area (Å²) in [4.78, 5) is 31.1. The summed E-state index contributed by atoms with van der Waals surface area (Å²) >= 11 is 0. The van der Waals surface area contributed by atoms with Crippen molar-refractivity contribution in [2.75, 3.05) is 13.1 Å². The molecule has 1 aliphatic heterocycles. The number of rotatable bonds is 4. The molecule has 4 rings (SSSR count). The predicted octanol–water partition coefficient (Wildman–Crippen LogP) is 1.24. The van der Waals surface area contributed by atoms with Crippen LogP contribution in [-0.4, -0.2) is 48.4 Å². The number of aryl methyl sites for hydroxylation is 1. The van der Waals surface area contributed by atoms with Gasteiger partial charge in [-0.15, -0.1) is 5.10 Å². The maximum atomic E-state index is 12.5. The third-order valence-corrected chi connectivity index (χ3v) is 4.93. The summed E-state index contributed by atoms with van der Waals surface area (Å²) in [6, 6.07) is 7.55. The van der Waals surface area contributed by atoms with Crippen LogP contribution in [0, 0.1) is 0 Å². The van der Waals surface area contributed by atoms with Crippen LogP contribution in [0.4, 0.5) is 0 Å². The van der Waals surface area contributed by atoms with Crippen LogP contribution in [0.15, 0.2) is 47.8 Å². The van der Waals surface area contributed by atoms with Crippen molar-refractivity contribution in [3.05, 3.63) is 53.3 Å². The fourth-order valence-electron chi connectivity index (χ4n) is 3.43. The van der Waals surface area contributed by atoms with Crippen molar-refractivity contribution in [3.63, 3.8) is 0 Å². The Morgan fingerprint density at radius 3 is 2.77 bits per heavy atom. The number of hydrogen-bond acceptors (Lipinski definition) is 5. The summed E-state index contributed by atoms with van der Waals surface area (Å²) in [6.45, 7) is 1.75. The second kappa shape index (κ2) is 7.07. The molecule has 3 aromatic rings. The Morgan fingerprint density at radius 2 is 2.00 bits per heavy atom. The number of piperidine rings is 1. The van der Waals surface area contributed by atoms with E-state index in [1.54, 1.807) is 12.3 Å². The van der Waals surface area contributed by atoms with E-state index in [1.807, 2.05) is 34.0 Å². The molecule has 1 aliphatic rings. The highest BCUT2D eigenvalue weighted by molar-refractivity contribution is 5.77. The van der Waals surface area contributed by atoms with Crippen molar-refractivity contribution in [2.45, 2.75) is 31.8 Å². The first-order valence-corrected chi connectivity index (χ1v) is 8.80. The van der Waals surface area contributed by atoms with Gasteiger partial charge in [-0.2, -0.15) is 0 Å². The molecule has 0 radical (unpaired) electrons. The van der Waals surface area contributed by atoms with Gasteiger partial charge in [-0.25, -0.2) is 9.67 Å². The van der Waals surface area contributed by atoms with Crippen LogP contribution in [0.25, 0.3) is 10.9 Å². The SMILES string of the molecule is O=C(CCn1cnc2ccccc2c1=O)N1CCC(n2ccnn2)CC1. The molecule has 0 N–H and O–H groups in total. The van der Waals surface area contributed by atoms with Gasteiger partial charge in [-0.3, -0.25) is 14.2 Å². The molecule has 0 aliphatic carbocycles. The van der Waals surface area contributed by atoms with Crippen LogP contribution in [0.1, 0.15) is 25.3 Å². The molecule has 134 valence electrons. The molecule has 1 fully saturated rings. The van der Waals surface area contributed by atoms with Crippen LogP contribution in [0.3, 0.4) is 0 Å². The van der Waals surface area contributed by atoms with Gasteiger partial charge in [0, 0.05) is 32.3 Å². The Hall–Kier alpha value is -3.03. The van der Waals surface area contributed by atoms with Gasteiger partial charge in [0.2, 0.25) is 5.91 Å². The van der Waals surface area contributed by atoms with Gasteiger partial charge in [-0.05, 0) is 25.0 Å². The average Bonchev–Trinajstić information content (AvgIpc) is 3.22. The number of amides is 1. The number of benzene rings is 1. The number of likely N-dealkylation sites (tertiary alicyclic amines) is 1. The Balaban J connectivity index is 1.36.